The molecule has 0 saturated heterocycles. The summed E-state index contributed by atoms with van der Waals surface area (Å²) >= 11 is 0. The molecule has 7 heavy (non-hydrogen) atoms. The first-order valence-corrected chi connectivity index (χ1v) is 2.23. The summed E-state index contributed by atoms with van der Waals surface area (Å²) in [4.78, 5) is 0. The van der Waals surface area contributed by atoms with Crippen LogP contribution < -0.4 is 5.32 Å². The van der Waals surface area contributed by atoms with Crippen molar-refractivity contribution in [3.05, 3.63) is 12.3 Å². The quantitative estimate of drug-likeness (QED) is 0.467. The number of nitrogens with zero attached hydrogens (tertiary/aromatic N) is 1. The largest absolute Gasteiger partial charge is 0.389 e. The molecule has 1 unspecified atom stereocenters. The SMILES string of the molecule is N#CC1C=CNC1. The highest BCUT2D eigenvalue weighted by atomic mass is 14.9. The Kier molecular flexibility index (Phi) is 0.991. The zero-order valence-electron chi connectivity index (χ0n) is 3.89. The molecule has 1 atom stereocenters. The van der Waals surface area contributed by atoms with E-state index in [-0.39, 0.29) is 5.92 Å². The van der Waals surface area contributed by atoms with Crippen LogP contribution in [-0.4, -0.2) is 6.54 Å². The van der Waals surface area contributed by atoms with Crippen molar-refractivity contribution in [2.75, 3.05) is 6.54 Å². The number of hydrogen-bond acceptors (Lipinski definition) is 2. The third-order valence-electron chi connectivity index (χ3n) is 0.950. The lowest BCUT2D eigenvalue weighted by molar-refractivity contribution is 0.801. The fourth-order valence-electron chi connectivity index (χ4n) is 0.536. The topological polar surface area (TPSA) is 35.8 Å². The third kappa shape index (κ3) is 0.716. The van der Waals surface area contributed by atoms with Crippen LogP contribution in [0.15, 0.2) is 12.3 Å². The first-order valence-electron chi connectivity index (χ1n) is 2.23. The zero-order valence-corrected chi connectivity index (χ0v) is 3.89. The summed E-state index contributed by atoms with van der Waals surface area (Å²) < 4.78 is 0. The van der Waals surface area contributed by atoms with Crippen LogP contribution in [-0.2, 0) is 0 Å². The Morgan fingerprint density at radius 2 is 2.71 bits per heavy atom. The number of rotatable bonds is 0. The molecular weight excluding hydrogens is 88.1 g/mol. The Bertz CT molecular complexity index is 121. The Hall–Kier alpha value is -0.970. The Morgan fingerprint density at radius 1 is 1.86 bits per heavy atom. The molecule has 2 nitrogen and oxygen atoms in total. The molecule has 0 aromatic rings. The summed E-state index contributed by atoms with van der Waals surface area (Å²) in [5.41, 5.74) is 0. The predicted molar refractivity (Wildman–Crippen MR) is 26.2 cm³/mol. The van der Waals surface area contributed by atoms with Crippen LogP contribution in [0.2, 0.25) is 0 Å². The maximum atomic E-state index is 8.22. The minimum Gasteiger partial charge on any atom is -0.389 e. The lowest BCUT2D eigenvalue weighted by Gasteiger charge is -1.88. The highest BCUT2D eigenvalue weighted by Crippen LogP contribution is 1.98. The standard InChI is InChI=1S/C5H6N2/c6-3-5-1-2-7-4-5/h1-2,5,7H,4H2. The molecule has 1 aliphatic heterocycles. The van der Waals surface area contributed by atoms with Gasteiger partial charge in [0.05, 0.1) is 12.0 Å². The minimum atomic E-state index is 0.111. The number of nitriles is 1. The van der Waals surface area contributed by atoms with Crippen molar-refractivity contribution in [3.8, 4) is 6.07 Å². The fourth-order valence-corrected chi connectivity index (χ4v) is 0.536. The zero-order chi connectivity index (χ0) is 5.11. The monoisotopic (exact) mass is 94.1 g/mol. The second-order valence-corrected chi connectivity index (χ2v) is 1.50. The van der Waals surface area contributed by atoms with E-state index in [9.17, 15) is 0 Å². The van der Waals surface area contributed by atoms with Gasteiger partial charge in [0.25, 0.3) is 0 Å². The predicted octanol–water partition coefficient (Wildman–Crippen LogP) is 0.243. The maximum Gasteiger partial charge on any atom is 0.0832 e. The molecule has 1 N–H and O–H groups in total. The van der Waals surface area contributed by atoms with Crippen LogP contribution in [0.25, 0.3) is 0 Å². The van der Waals surface area contributed by atoms with Crippen LogP contribution in [0.1, 0.15) is 0 Å². The molecule has 0 aromatic carbocycles. The molecule has 0 amide bonds. The molecule has 0 bridgehead atoms. The first-order chi connectivity index (χ1) is 3.43. The van der Waals surface area contributed by atoms with E-state index >= 15 is 0 Å². The van der Waals surface area contributed by atoms with Gasteiger partial charge in [-0.2, -0.15) is 5.26 Å². The third-order valence-corrected chi connectivity index (χ3v) is 0.950. The van der Waals surface area contributed by atoms with Gasteiger partial charge in [-0.3, -0.25) is 0 Å². The molecule has 0 radical (unpaired) electrons. The van der Waals surface area contributed by atoms with E-state index in [0.717, 1.165) is 6.54 Å². The van der Waals surface area contributed by atoms with Crippen LogP contribution in [0.4, 0.5) is 0 Å². The van der Waals surface area contributed by atoms with Crippen LogP contribution in [0.3, 0.4) is 0 Å². The van der Waals surface area contributed by atoms with Gasteiger partial charge in [-0.1, -0.05) is 0 Å². The van der Waals surface area contributed by atoms with Crippen molar-refractivity contribution in [2.45, 2.75) is 0 Å². The number of nitrogens with one attached hydrogen (secondary N) is 1. The molecule has 0 aliphatic carbocycles. The van der Waals surface area contributed by atoms with Gasteiger partial charge in [-0.15, -0.1) is 0 Å². The van der Waals surface area contributed by atoms with Crippen molar-refractivity contribution in [1.29, 1.82) is 5.26 Å². The van der Waals surface area contributed by atoms with E-state index in [1.54, 1.807) is 0 Å². The van der Waals surface area contributed by atoms with Crippen molar-refractivity contribution < 1.29 is 0 Å². The Balaban J connectivity index is 2.47. The molecule has 2 heteroatoms. The molecule has 0 aromatic heterocycles. The van der Waals surface area contributed by atoms with Crippen molar-refractivity contribution in [3.63, 3.8) is 0 Å². The average molecular weight is 94.1 g/mol. The minimum absolute atomic E-state index is 0.111. The molecule has 0 saturated carbocycles. The van der Waals surface area contributed by atoms with Gasteiger partial charge in [-0.25, -0.2) is 0 Å². The second-order valence-electron chi connectivity index (χ2n) is 1.50. The van der Waals surface area contributed by atoms with Crippen LogP contribution in [0.5, 0.6) is 0 Å². The van der Waals surface area contributed by atoms with Crippen molar-refractivity contribution in [2.24, 2.45) is 5.92 Å². The summed E-state index contributed by atoms with van der Waals surface area (Å²) in [6, 6.07) is 2.11. The molecular formula is C5H6N2. The highest BCUT2D eigenvalue weighted by molar-refractivity contribution is 5.05. The van der Waals surface area contributed by atoms with E-state index in [4.69, 9.17) is 5.26 Å². The molecule has 1 heterocycles. The van der Waals surface area contributed by atoms with Gasteiger partial charge in [0, 0.05) is 6.54 Å². The summed E-state index contributed by atoms with van der Waals surface area (Å²) in [7, 11) is 0. The van der Waals surface area contributed by atoms with Gasteiger partial charge in [0.2, 0.25) is 0 Å². The van der Waals surface area contributed by atoms with E-state index < -0.39 is 0 Å². The summed E-state index contributed by atoms with van der Waals surface area (Å²) in [6.07, 6.45) is 3.67. The van der Waals surface area contributed by atoms with Gasteiger partial charge < -0.3 is 5.32 Å². The summed E-state index contributed by atoms with van der Waals surface area (Å²) in [5, 5.41) is 11.1. The van der Waals surface area contributed by atoms with E-state index in [1.807, 2.05) is 12.3 Å². The molecule has 0 fully saturated rings. The molecule has 1 rings (SSSR count). The van der Waals surface area contributed by atoms with Gasteiger partial charge in [-0.05, 0) is 12.3 Å². The lowest BCUT2D eigenvalue weighted by Crippen LogP contribution is -2.05. The normalized spacial score (nSPS) is 26.4. The highest BCUT2D eigenvalue weighted by Gasteiger charge is 2.03. The summed E-state index contributed by atoms with van der Waals surface area (Å²) in [6.45, 7) is 0.788. The smallest absolute Gasteiger partial charge is 0.0832 e. The van der Waals surface area contributed by atoms with E-state index in [1.165, 1.54) is 0 Å². The Labute approximate surface area is 42.4 Å². The maximum absolute atomic E-state index is 8.22. The van der Waals surface area contributed by atoms with Gasteiger partial charge in [0.15, 0.2) is 0 Å². The lowest BCUT2D eigenvalue weighted by atomic mass is 10.2. The molecule has 36 valence electrons. The van der Waals surface area contributed by atoms with Crippen molar-refractivity contribution >= 4 is 0 Å². The van der Waals surface area contributed by atoms with Gasteiger partial charge in [0.1, 0.15) is 0 Å². The first kappa shape index (κ1) is 4.20. The van der Waals surface area contributed by atoms with E-state index in [2.05, 4.69) is 11.4 Å². The van der Waals surface area contributed by atoms with Crippen LogP contribution in [0, 0.1) is 17.2 Å². The molecule has 0 spiro atoms. The molecule has 1 aliphatic rings. The van der Waals surface area contributed by atoms with Crippen LogP contribution >= 0.6 is 0 Å². The number of hydrogen-bond donors (Lipinski definition) is 1. The summed E-state index contributed by atoms with van der Waals surface area (Å²) in [5.74, 6) is 0.111. The van der Waals surface area contributed by atoms with E-state index in [0.29, 0.717) is 0 Å². The Morgan fingerprint density at radius 3 is 3.00 bits per heavy atom. The fraction of sp³-hybridized carbons (Fsp3) is 0.400. The van der Waals surface area contributed by atoms with Crippen molar-refractivity contribution in [1.82, 2.24) is 5.32 Å². The second kappa shape index (κ2) is 1.65. The van der Waals surface area contributed by atoms with Gasteiger partial charge >= 0.3 is 0 Å². The average Bonchev–Trinajstić information content (AvgIpc) is 2.14.